The lowest BCUT2D eigenvalue weighted by atomic mass is 10.5. The van der Waals surface area contributed by atoms with Gasteiger partial charge in [0.05, 0.1) is 0 Å². The summed E-state index contributed by atoms with van der Waals surface area (Å²) < 4.78 is 0. The Labute approximate surface area is 38.3 Å². The molecular weight excluding hydrogens is 85.5 g/mol. The van der Waals surface area contributed by atoms with Crippen LogP contribution < -0.4 is 0 Å². The summed E-state index contributed by atoms with van der Waals surface area (Å²) in [6.07, 6.45) is 0. The van der Waals surface area contributed by atoms with Gasteiger partial charge in [-0.3, -0.25) is 0 Å². The Morgan fingerprint density at radius 3 is 1.40 bits per heavy atom. The van der Waals surface area contributed by atoms with Crippen LogP contribution in [0.1, 0.15) is 13.8 Å². The van der Waals surface area contributed by atoms with Crippen molar-refractivity contribution in [1.29, 1.82) is 5.41 Å². The fourth-order valence-electron chi connectivity index (χ4n) is 0. The molecule has 5 heavy (non-hydrogen) atoms. The molecule has 0 aromatic heterocycles. The number of halogens is 1. The largest absolute Gasteiger partial charge is 0.310 e. The Morgan fingerprint density at radius 1 is 1.40 bits per heavy atom. The fourth-order valence-corrected chi connectivity index (χ4v) is 0. The summed E-state index contributed by atoms with van der Waals surface area (Å²) in [5.74, 6) is 0. The van der Waals surface area contributed by atoms with E-state index in [1.54, 1.807) is 13.8 Å². The Bertz CT molecular complexity index is 29.9. The van der Waals surface area contributed by atoms with Crippen molar-refractivity contribution in [2.24, 2.45) is 0 Å². The van der Waals surface area contributed by atoms with Gasteiger partial charge in [-0.1, -0.05) is 0 Å². The third kappa shape index (κ3) is 9510. The standard InChI is InChI=1S/C3H7N.ClH/c1-3(2)4;/h4H,1-2H3;1H. The number of nitrogens with one attached hydrogen (secondary N) is 1. The van der Waals surface area contributed by atoms with E-state index in [1.165, 1.54) is 0 Å². The normalized spacial score (nSPS) is 5.20. The van der Waals surface area contributed by atoms with Crippen LogP contribution in [0.15, 0.2) is 0 Å². The first-order valence-electron chi connectivity index (χ1n) is 1.25. The van der Waals surface area contributed by atoms with Crippen molar-refractivity contribution in [2.45, 2.75) is 13.8 Å². The molecule has 0 spiro atoms. The van der Waals surface area contributed by atoms with E-state index < -0.39 is 0 Å². The van der Waals surface area contributed by atoms with Gasteiger partial charge in [0.15, 0.2) is 0 Å². The first-order chi connectivity index (χ1) is 1.73. The van der Waals surface area contributed by atoms with Gasteiger partial charge >= 0.3 is 0 Å². The molecule has 32 valence electrons. The molecule has 0 bridgehead atoms. The van der Waals surface area contributed by atoms with Crippen molar-refractivity contribution in [3.63, 3.8) is 0 Å². The van der Waals surface area contributed by atoms with E-state index in [-0.39, 0.29) is 12.4 Å². The predicted molar refractivity (Wildman–Crippen MR) is 26.3 cm³/mol. The predicted octanol–water partition coefficient (Wildman–Crippen LogP) is 1.47. The van der Waals surface area contributed by atoms with Crippen LogP contribution in [-0.4, -0.2) is 5.71 Å². The molecule has 0 saturated heterocycles. The van der Waals surface area contributed by atoms with Gasteiger partial charge < -0.3 is 5.41 Å². The van der Waals surface area contributed by atoms with Crippen LogP contribution in [0.4, 0.5) is 0 Å². The van der Waals surface area contributed by atoms with Gasteiger partial charge in [0.25, 0.3) is 0 Å². The summed E-state index contributed by atoms with van der Waals surface area (Å²) in [7, 11) is 0. The van der Waals surface area contributed by atoms with E-state index >= 15 is 0 Å². The molecule has 0 aliphatic carbocycles. The Balaban J connectivity index is 0. The minimum atomic E-state index is 0. The monoisotopic (exact) mass is 93.0 g/mol. The van der Waals surface area contributed by atoms with Crippen molar-refractivity contribution in [1.82, 2.24) is 0 Å². The average Bonchev–Trinajstić information content (AvgIpc) is 0.811. The topological polar surface area (TPSA) is 23.9 Å². The SMILES string of the molecule is CC(C)=N.Cl. The van der Waals surface area contributed by atoms with Crippen LogP contribution in [0.2, 0.25) is 0 Å². The van der Waals surface area contributed by atoms with E-state index in [0.29, 0.717) is 5.71 Å². The first kappa shape index (κ1) is 8.88. The second-order valence-corrected chi connectivity index (χ2v) is 1.00. The maximum atomic E-state index is 6.50. The first-order valence-corrected chi connectivity index (χ1v) is 1.25. The number of rotatable bonds is 0. The van der Waals surface area contributed by atoms with Crippen molar-refractivity contribution < 1.29 is 0 Å². The van der Waals surface area contributed by atoms with Crippen molar-refractivity contribution in [3.8, 4) is 0 Å². The molecule has 2 heteroatoms. The Kier molecular flexibility index (Phi) is 7.03. The quantitative estimate of drug-likeness (QED) is 0.439. The fraction of sp³-hybridized carbons (Fsp3) is 0.667. The minimum absolute atomic E-state index is 0. The summed E-state index contributed by atoms with van der Waals surface area (Å²) in [5.41, 5.74) is 0.667. The molecule has 0 aliphatic heterocycles. The van der Waals surface area contributed by atoms with Crippen molar-refractivity contribution in [2.75, 3.05) is 0 Å². The van der Waals surface area contributed by atoms with E-state index in [1.807, 2.05) is 0 Å². The molecule has 0 unspecified atom stereocenters. The van der Waals surface area contributed by atoms with Crippen molar-refractivity contribution in [3.05, 3.63) is 0 Å². The lowest BCUT2D eigenvalue weighted by Gasteiger charge is -1.63. The average molecular weight is 93.6 g/mol. The second-order valence-electron chi connectivity index (χ2n) is 1.00. The highest BCUT2D eigenvalue weighted by atomic mass is 35.5. The zero-order chi connectivity index (χ0) is 3.58. The van der Waals surface area contributed by atoms with Gasteiger partial charge in [-0.2, -0.15) is 0 Å². The Morgan fingerprint density at radius 2 is 1.40 bits per heavy atom. The highest BCUT2D eigenvalue weighted by Crippen LogP contribution is 1.52. The summed E-state index contributed by atoms with van der Waals surface area (Å²) in [6.45, 7) is 3.50. The lowest BCUT2D eigenvalue weighted by molar-refractivity contribution is 1.45. The van der Waals surface area contributed by atoms with Gasteiger partial charge in [-0.25, -0.2) is 0 Å². The number of hydrogen-bond donors (Lipinski definition) is 1. The molecule has 0 heterocycles. The summed E-state index contributed by atoms with van der Waals surface area (Å²) in [5, 5.41) is 6.50. The molecule has 0 aliphatic rings. The molecule has 0 radical (unpaired) electrons. The van der Waals surface area contributed by atoms with Crippen molar-refractivity contribution >= 4 is 18.1 Å². The molecule has 0 aromatic carbocycles. The molecule has 0 amide bonds. The molecule has 1 nitrogen and oxygen atoms in total. The third-order valence-corrected chi connectivity index (χ3v) is 0. The third-order valence-electron chi connectivity index (χ3n) is 0. The summed E-state index contributed by atoms with van der Waals surface area (Å²) in [6, 6.07) is 0. The molecule has 0 atom stereocenters. The van der Waals surface area contributed by atoms with Crippen LogP contribution in [0, 0.1) is 5.41 Å². The summed E-state index contributed by atoms with van der Waals surface area (Å²) >= 11 is 0. The van der Waals surface area contributed by atoms with Crippen LogP contribution in [0.25, 0.3) is 0 Å². The highest BCUT2D eigenvalue weighted by Gasteiger charge is 1.55. The van der Waals surface area contributed by atoms with Gasteiger partial charge in [0.2, 0.25) is 0 Å². The molecule has 1 N–H and O–H groups in total. The van der Waals surface area contributed by atoms with E-state index in [2.05, 4.69) is 0 Å². The van der Waals surface area contributed by atoms with Crippen LogP contribution in [-0.2, 0) is 0 Å². The second kappa shape index (κ2) is 3.96. The number of hydrogen-bond acceptors (Lipinski definition) is 1. The molecule has 0 saturated carbocycles. The molecule has 0 rings (SSSR count). The van der Waals surface area contributed by atoms with Gasteiger partial charge in [0, 0.05) is 5.71 Å². The van der Waals surface area contributed by atoms with Gasteiger partial charge in [-0.05, 0) is 13.8 Å². The van der Waals surface area contributed by atoms with Crippen LogP contribution in [0.5, 0.6) is 0 Å². The highest BCUT2D eigenvalue weighted by molar-refractivity contribution is 5.85. The smallest absolute Gasteiger partial charge is 0.00272 e. The lowest BCUT2D eigenvalue weighted by Crippen LogP contribution is -1.67. The van der Waals surface area contributed by atoms with E-state index in [9.17, 15) is 0 Å². The Hall–Kier alpha value is -0.0400. The van der Waals surface area contributed by atoms with E-state index in [4.69, 9.17) is 5.41 Å². The maximum absolute atomic E-state index is 6.50. The van der Waals surface area contributed by atoms with Crippen LogP contribution >= 0.6 is 12.4 Å². The van der Waals surface area contributed by atoms with Crippen LogP contribution in [0.3, 0.4) is 0 Å². The maximum Gasteiger partial charge on any atom is 0.00272 e. The summed E-state index contributed by atoms with van der Waals surface area (Å²) in [4.78, 5) is 0. The van der Waals surface area contributed by atoms with E-state index in [0.717, 1.165) is 0 Å². The zero-order valence-electron chi connectivity index (χ0n) is 3.41. The van der Waals surface area contributed by atoms with Gasteiger partial charge in [-0.15, -0.1) is 12.4 Å². The van der Waals surface area contributed by atoms with Gasteiger partial charge in [0.1, 0.15) is 0 Å². The molecular formula is C3H8ClN. The minimum Gasteiger partial charge on any atom is -0.310 e. The molecule has 0 fully saturated rings. The molecule has 0 aromatic rings. The zero-order valence-corrected chi connectivity index (χ0v) is 4.22.